The van der Waals surface area contributed by atoms with Crippen molar-refractivity contribution < 1.29 is 10.0 Å². The Bertz CT molecular complexity index is 983. The first-order valence-corrected chi connectivity index (χ1v) is 7.20. The molecule has 3 rings (SSSR count). The predicted octanol–water partition coefficient (Wildman–Crippen LogP) is 5.10. The highest BCUT2D eigenvalue weighted by atomic mass is 35.5. The van der Waals surface area contributed by atoms with Gasteiger partial charge in [-0.25, -0.2) is 0 Å². The summed E-state index contributed by atoms with van der Waals surface area (Å²) in [5, 5.41) is 30.9. The Morgan fingerprint density at radius 1 is 1.08 bits per heavy atom. The van der Waals surface area contributed by atoms with Crippen molar-refractivity contribution in [2.24, 2.45) is 10.2 Å². The maximum absolute atomic E-state index is 10.9. The van der Waals surface area contributed by atoms with Crippen LogP contribution < -0.4 is 5.73 Å². The van der Waals surface area contributed by atoms with E-state index >= 15 is 0 Å². The van der Waals surface area contributed by atoms with E-state index in [4.69, 9.17) is 17.3 Å². The third-order valence-corrected chi connectivity index (χ3v) is 3.65. The number of benzene rings is 3. The fourth-order valence-electron chi connectivity index (χ4n) is 2.23. The van der Waals surface area contributed by atoms with Gasteiger partial charge in [-0.2, -0.15) is 5.11 Å². The summed E-state index contributed by atoms with van der Waals surface area (Å²) in [7, 11) is 0. The highest BCUT2D eigenvalue weighted by molar-refractivity contribution is 6.31. The lowest BCUT2D eigenvalue weighted by Crippen LogP contribution is -1.94. The molecular weight excluding hydrogens is 332 g/mol. The molecular formula is C16H11ClN4O3. The van der Waals surface area contributed by atoms with Crippen LogP contribution in [0.5, 0.6) is 5.75 Å². The molecule has 0 saturated carbocycles. The smallest absolute Gasteiger partial charge is 0.294 e. The number of aromatic hydroxyl groups is 1. The van der Waals surface area contributed by atoms with Crippen molar-refractivity contribution >= 4 is 45.1 Å². The van der Waals surface area contributed by atoms with Crippen molar-refractivity contribution in [2.45, 2.75) is 0 Å². The minimum absolute atomic E-state index is 0.0405. The Labute approximate surface area is 141 Å². The second-order valence-electron chi connectivity index (χ2n) is 5.00. The number of nitrogens with zero attached hydrogens (tertiary/aromatic N) is 3. The summed E-state index contributed by atoms with van der Waals surface area (Å²) in [5.74, 6) is -0.0709. The van der Waals surface area contributed by atoms with Crippen LogP contribution in [-0.2, 0) is 0 Å². The van der Waals surface area contributed by atoms with Crippen molar-refractivity contribution in [3.05, 3.63) is 63.7 Å². The quantitative estimate of drug-likeness (QED) is 0.298. The fraction of sp³-hybridized carbons (Fsp3) is 0. The standard InChI is InChI=1S/C16H11ClN4O3/c17-10-3-1-9-2-6-15(22)16(12(9)7-10)20-19-11-4-5-13(18)14(8-11)21(23)24/h1-8,22H,18H2. The second kappa shape index (κ2) is 6.13. The van der Waals surface area contributed by atoms with E-state index in [0.717, 1.165) is 5.39 Å². The number of phenols is 1. The SMILES string of the molecule is Nc1ccc(N=Nc2c(O)ccc3ccc(Cl)cc23)cc1[N+](=O)[O-]. The summed E-state index contributed by atoms with van der Waals surface area (Å²) in [6, 6.07) is 12.5. The minimum atomic E-state index is -0.594. The number of nitrogen functional groups attached to an aromatic ring is 1. The van der Waals surface area contributed by atoms with Crippen LogP contribution in [0.3, 0.4) is 0 Å². The number of nitro groups is 1. The largest absolute Gasteiger partial charge is 0.506 e. The van der Waals surface area contributed by atoms with Gasteiger partial charge in [0.05, 0.1) is 10.6 Å². The third-order valence-electron chi connectivity index (χ3n) is 3.41. The first-order valence-electron chi connectivity index (χ1n) is 6.82. The van der Waals surface area contributed by atoms with Gasteiger partial charge in [0.2, 0.25) is 0 Å². The number of hydrogen-bond acceptors (Lipinski definition) is 6. The monoisotopic (exact) mass is 342 g/mol. The molecule has 0 fully saturated rings. The Balaban J connectivity index is 2.08. The number of rotatable bonds is 3. The summed E-state index contributed by atoms with van der Waals surface area (Å²) in [6.45, 7) is 0. The molecule has 3 N–H and O–H groups in total. The zero-order valence-electron chi connectivity index (χ0n) is 12.2. The van der Waals surface area contributed by atoms with E-state index in [1.807, 2.05) is 0 Å². The molecule has 0 aromatic heterocycles. The molecule has 0 amide bonds. The summed E-state index contributed by atoms with van der Waals surface area (Å²) in [6.07, 6.45) is 0. The van der Waals surface area contributed by atoms with E-state index in [2.05, 4.69) is 10.2 Å². The van der Waals surface area contributed by atoms with E-state index in [0.29, 0.717) is 10.4 Å². The van der Waals surface area contributed by atoms with Gasteiger partial charge in [-0.3, -0.25) is 10.1 Å². The Hall–Kier alpha value is -3.19. The Morgan fingerprint density at radius 2 is 1.83 bits per heavy atom. The lowest BCUT2D eigenvalue weighted by atomic mass is 10.1. The molecule has 3 aromatic rings. The van der Waals surface area contributed by atoms with Gasteiger partial charge < -0.3 is 10.8 Å². The predicted molar refractivity (Wildman–Crippen MR) is 92.3 cm³/mol. The molecule has 3 aromatic carbocycles. The topological polar surface area (TPSA) is 114 Å². The van der Waals surface area contributed by atoms with Gasteiger partial charge in [0.15, 0.2) is 0 Å². The molecule has 0 atom stereocenters. The van der Waals surface area contributed by atoms with Gasteiger partial charge in [-0.15, -0.1) is 5.11 Å². The summed E-state index contributed by atoms with van der Waals surface area (Å²) in [5.41, 5.74) is 5.81. The van der Waals surface area contributed by atoms with Crippen LogP contribution in [0.4, 0.5) is 22.7 Å². The molecule has 0 radical (unpaired) electrons. The second-order valence-corrected chi connectivity index (χ2v) is 5.44. The first kappa shape index (κ1) is 15.7. The average molecular weight is 343 g/mol. The molecule has 0 spiro atoms. The number of hydrogen-bond donors (Lipinski definition) is 2. The van der Waals surface area contributed by atoms with E-state index < -0.39 is 4.92 Å². The zero-order valence-corrected chi connectivity index (χ0v) is 12.9. The van der Waals surface area contributed by atoms with Gasteiger partial charge in [-0.05, 0) is 35.7 Å². The maximum atomic E-state index is 10.9. The van der Waals surface area contributed by atoms with Crippen LogP contribution >= 0.6 is 11.6 Å². The van der Waals surface area contributed by atoms with Crippen LogP contribution in [0, 0.1) is 10.1 Å². The van der Waals surface area contributed by atoms with Gasteiger partial charge in [0.25, 0.3) is 5.69 Å². The van der Waals surface area contributed by atoms with Crippen molar-refractivity contribution in [1.82, 2.24) is 0 Å². The number of phenolic OH excluding ortho intramolecular Hbond substituents is 1. The minimum Gasteiger partial charge on any atom is -0.506 e. The molecule has 0 aliphatic carbocycles. The molecule has 24 heavy (non-hydrogen) atoms. The molecule has 7 nitrogen and oxygen atoms in total. The van der Waals surface area contributed by atoms with Gasteiger partial charge in [0.1, 0.15) is 17.1 Å². The number of fused-ring (bicyclic) bond motifs is 1. The molecule has 0 heterocycles. The highest BCUT2D eigenvalue weighted by Gasteiger charge is 2.12. The number of nitro benzene ring substituents is 1. The maximum Gasteiger partial charge on any atom is 0.294 e. The molecule has 0 unspecified atom stereocenters. The first-order chi connectivity index (χ1) is 11.5. The van der Waals surface area contributed by atoms with Crippen molar-refractivity contribution in [1.29, 1.82) is 0 Å². The van der Waals surface area contributed by atoms with Crippen LogP contribution in [0.15, 0.2) is 58.8 Å². The van der Waals surface area contributed by atoms with E-state index in [-0.39, 0.29) is 28.5 Å². The summed E-state index contributed by atoms with van der Waals surface area (Å²) in [4.78, 5) is 10.3. The van der Waals surface area contributed by atoms with Gasteiger partial charge in [0, 0.05) is 16.5 Å². The van der Waals surface area contributed by atoms with Crippen molar-refractivity contribution in [3.8, 4) is 5.75 Å². The van der Waals surface area contributed by atoms with Crippen LogP contribution in [-0.4, -0.2) is 10.0 Å². The van der Waals surface area contributed by atoms with E-state index in [1.165, 1.54) is 24.3 Å². The van der Waals surface area contributed by atoms with Crippen LogP contribution in [0.25, 0.3) is 10.8 Å². The van der Waals surface area contributed by atoms with Crippen molar-refractivity contribution in [2.75, 3.05) is 5.73 Å². The Kier molecular flexibility index (Phi) is 4.01. The number of halogens is 1. The normalized spacial score (nSPS) is 11.2. The van der Waals surface area contributed by atoms with Crippen LogP contribution in [0.1, 0.15) is 0 Å². The number of anilines is 1. The summed E-state index contributed by atoms with van der Waals surface area (Å²) < 4.78 is 0. The number of nitrogens with two attached hydrogens (primary N) is 1. The van der Waals surface area contributed by atoms with Crippen molar-refractivity contribution in [3.63, 3.8) is 0 Å². The molecule has 8 heteroatoms. The lowest BCUT2D eigenvalue weighted by molar-refractivity contribution is -0.383. The van der Waals surface area contributed by atoms with Crippen LogP contribution in [0.2, 0.25) is 5.02 Å². The van der Waals surface area contributed by atoms with Gasteiger partial charge in [-0.1, -0.05) is 23.7 Å². The third kappa shape index (κ3) is 2.97. The molecule has 0 bridgehead atoms. The molecule has 120 valence electrons. The highest BCUT2D eigenvalue weighted by Crippen LogP contribution is 2.37. The fourth-order valence-corrected chi connectivity index (χ4v) is 2.40. The van der Waals surface area contributed by atoms with Gasteiger partial charge >= 0.3 is 0 Å². The average Bonchev–Trinajstić information content (AvgIpc) is 2.55. The zero-order chi connectivity index (χ0) is 17.3. The summed E-state index contributed by atoms with van der Waals surface area (Å²) >= 11 is 5.99. The molecule has 0 aliphatic heterocycles. The molecule has 0 saturated heterocycles. The Morgan fingerprint density at radius 3 is 2.58 bits per heavy atom. The molecule has 0 aliphatic rings. The number of azo groups is 1. The van der Waals surface area contributed by atoms with E-state index in [1.54, 1.807) is 24.3 Å². The lowest BCUT2D eigenvalue weighted by Gasteiger charge is -2.04. The van der Waals surface area contributed by atoms with E-state index in [9.17, 15) is 15.2 Å².